The maximum absolute atomic E-state index is 12.1. The standard InChI is InChI=1S/C13H21NO2S/c1-5-13(3,4)11(2)14-17(15,16)12-9-7-6-8-10-12/h6-11,14H,5H2,1-4H3. The molecule has 1 rings (SSSR count). The van der Waals surface area contributed by atoms with E-state index in [9.17, 15) is 8.42 Å². The quantitative estimate of drug-likeness (QED) is 0.879. The van der Waals surface area contributed by atoms with Crippen molar-refractivity contribution in [1.82, 2.24) is 4.72 Å². The van der Waals surface area contributed by atoms with E-state index in [0.717, 1.165) is 6.42 Å². The van der Waals surface area contributed by atoms with Gasteiger partial charge in [0.15, 0.2) is 0 Å². The van der Waals surface area contributed by atoms with Crippen molar-refractivity contribution in [3.63, 3.8) is 0 Å². The van der Waals surface area contributed by atoms with Gasteiger partial charge >= 0.3 is 0 Å². The van der Waals surface area contributed by atoms with E-state index in [1.54, 1.807) is 30.3 Å². The van der Waals surface area contributed by atoms with Gasteiger partial charge in [-0.1, -0.05) is 39.0 Å². The molecule has 1 aromatic rings. The Morgan fingerprint density at radius 3 is 2.24 bits per heavy atom. The number of hydrogen-bond acceptors (Lipinski definition) is 2. The van der Waals surface area contributed by atoms with Gasteiger partial charge in [-0.3, -0.25) is 0 Å². The third-order valence-corrected chi connectivity index (χ3v) is 5.03. The van der Waals surface area contributed by atoms with Gasteiger partial charge in [0.25, 0.3) is 0 Å². The van der Waals surface area contributed by atoms with Crippen molar-refractivity contribution in [2.75, 3.05) is 0 Å². The summed E-state index contributed by atoms with van der Waals surface area (Å²) in [7, 11) is -3.40. The Labute approximate surface area is 104 Å². The fourth-order valence-electron chi connectivity index (χ4n) is 1.37. The first-order valence-electron chi connectivity index (χ1n) is 5.87. The van der Waals surface area contributed by atoms with Crippen LogP contribution in [0, 0.1) is 5.41 Å². The topological polar surface area (TPSA) is 46.2 Å². The fraction of sp³-hybridized carbons (Fsp3) is 0.538. The number of benzene rings is 1. The lowest BCUT2D eigenvalue weighted by atomic mass is 9.83. The molecule has 1 atom stereocenters. The van der Waals surface area contributed by atoms with Crippen molar-refractivity contribution < 1.29 is 8.42 Å². The normalized spacial score (nSPS) is 14.6. The van der Waals surface area contributed by atoms with Crippen LogP contribution in [-0.4, -0.2) is 14.5 Å². The molecule has 1 N–H and O–H groups in total. The second-order valence-electron chi connectivity index (χ2n) is 5.00. The molecule has 0 aliphatic heterocycles. The van der Waals surface area contributed by atoms with Gasteiger partial charge in [0.2, 0.25) is 10.0 Å². The highest BCUT2D eigenvalue weighted by molar-refractivity contribution is 7.89. The van der Waals surface area contributed by atoms with E-state index < -0.39 is 10.0 Å². The minimum Gasteiger partial charge on any atom is -0.208 e. The first-order chi connectivity index (χ1) is 7.79. The molecule has 3 nitrogen and oxygen atoms in total. The van der Waals surface area contributed by atoms with Crippen LogP contribution in [0.1, 0.15) is 34.1 Å². The molecule has 0 radical (unpaired) electrons. The summed E-state index contributed by atoms with van der Waals surface area (Å²) in [6, 6.07) is 8.37. The van der Waals surface area contributed by atoms with Crippen molar-refractivity contribution in [2.45, 2.75) is 45.1 Å². The minimum atomic E-state index is -3.40. The monoisotopic (exact) mass is 255 g/mol. The van der Waals surface area contributed by atoms with Crippen LogP contribution >= 0.6 is 0 Å². The van der Waals surface area contributed by atoms with Gasteiger partial charge in [-0.05, 0) is 30.9 Å². The highest BCUT2D eigenvalue weighted by atomic mass is 32.2. The lowest BCUT2D eigenvalue weighted by Gasteiger charge is -2.31. The van der Waals surface area contributed by atoms with E-state index in [0.29, 0.717) is 4.90 Å². The van der Waals surface area contributed by atoms with Crippen LogP contribution in [0.5, 0.6) is 0 Å². The average Bonchev–Trinajstić information content (AvgIpc) is 2.29. The number of sulfonamides is 1. The Kier molecular flexibility index (Phi) is 4.33. The van der Waals surface area contributed by atoms with Gasteiger partial charge < -0.3 is 0 Å². The molecule has 0 aliphatic rings. The van der Waals surface area contributed by atoms with Crippen LogP contribution in [0.25, 0.3) is 0 Å². The summed E-state index contributed by atoms with van der Waals surface area (Å²) in [5.41, 5.74) is -0.0537. The maximum atomic E-state index is 12.1. The second kappa shape index (κ2) is 5.19. The van der Waals surface area contributed by atoms with Crippen molar-refractivity contribution in [3.05, 3.63) is 30.3 Å². The molecule has 0 saturated heterocycles. The molecule has 0 spiro atoms. The Morgan fingerprint density at radius 1 is 1.24 bits per heavy atom. The molecule has 1 aromatic carbocycles. The molecule has 0 amide bonds. The molecule has 1 unspecified atom stereocenters. The summed E-state index contributed by atoms with van der Waals surface area (Å²) in [4.78, 5) is 0.318. The summed E-state index contributed by atoms with van der Waals surface area (Å²) in [6.07, 6.45) is 0.922. The van der Waals surface area contributed by atoms with Gasteiger partial charge in [-0.15, -0.1) is 0 Å². The van der Waals surface area contributed by atoms with Crippen LogP contribution in [0.15, 0.2) is 35.2 Å². The van der Waals surface area contributed by atoms with E-state index in [2.05, 4.69) is 25.5 Å². The zero-order valence-electron chi connectivity index (χ0n) is 10.9. The maximum Gasteiger partial charge on any atom is 0.240 e. The summed E-state index contributed by atoms with van der Waals surface area (Å²) >= 11 is 0. The van der Waals surface area contributed by atoms with Crippen LogP contribution in [0.4, 0.5) is 0 Å². The molecule has 17 heavy (non-hydrogen) atoms. The first kappa shape index (κ1) is 14.2. The molecule has 4 heteroatoms. The zero-order valence-corrected chi connectivity index (χ0v) is 11.7. The SMILES string of the molecule is CCC(C)(C)C(C)NS(=O)(=O)c1ccccc1. The van der Waals surface area contributed by atoms with E-state index in [4.69, 9.17) is 0 Å². The number of nitrogens with one attached hydrogen (secondary N) is 1. The van der Waals surface area contributed by atoms with E-state index >= 15 is 0 Å². The third kappa shape index (κ3) is 3.54. The fourth-order valence-corrected chi connectivity index (χ4v) is 2.80. The average molecular weight is 255 g/mol. The molecule has 0 aromatic heterocycles. The minimum absolute atomic E-state index is 0.0537. The lowest BCUT2D eigenvalue weighted by Crippen LogP contribution is -2.42. The number of rotatable bonds is 5. The van der Waals surface area contributed by atoms with Crippen molar-refractivity contribution in [1.29, 1.82) is 0 Å². The predicted molar refractivity (Wildman–Crippen MR) is 70.3 cm³/mol. The van der Waals surface area contributed by atoms with E-state index in [-0.39, 0.29) is 11.5 Å². The predicted octanol–water partition coefficient (Wildman–Crippen LogP) is 2.79. The molecule has 0 heterocycles. The Hall–Kier alpha value is -0.870. The Morgan fingerprint density at radius 2 is 1.76 bits per heavy atom. The van der Waals surface area contributed by atoms with Crippen molar-refractivity contribution >= 4 is 10.0 Å². The summed E-state index contributed by atoms with van der Waals surface area (Å²) in [5.74, 6) is 0. The Bertz CT molecular complexity index is 452. The molecular formula is C13H21NO2S. The van der Waals surface area contributed by atoms with Crippen LogP contribution in [-0.2, 0) is 10.0 Å². The summed E-state index contributed by atoms with van der Waals surface area (Å²) in [5, 5.41) is 0. The van der Waals surface area contributed by atoms with Gasteiger partial charge in [0, 0.05) is 6.04 Å². The van der Waals surface area contributed by atoms with Crippen LogP contribution in [0.2, 0.25) is 0 Å². The van der Waals surface area contributed by atoms with Crippen molar-refractivity contribution in [2.24, 2.45) is 5.41 Å². The molecule has 0 aliphatic carbocycles. The molecule has 0 fully saturated rings. The summed E-state index contributed by atoms with van der Waals surface area (Å²) in [6.45, 7) is 8.09. The van der Waals surface area contributed by atoms with E-state index in [1.165, 1.54) is 0 Å². The van der Waals surface area contributed by atoms with Gasteiger partial charge in [0.1, 0.15) is 0 Å². The van der Waals surface area contributed by atoms with E-state index in [1.807, 2.05) is 6.92 Å². The lowest BCUT2D eigenvalue weighted by molar-refractivity contribution is 0.272. The molecule has 0 saturated carbocycles. The molecule has 96 valence electrons. The van der Waals surface area contributed by atoms with Crippen LogP contribution in [0.3, 0.4) is 0 Å². The molecule has 0 bridgehead atoms. The largest absolute Gasteiger partial charge is 0.240 e. The van der Waals surface area contributed by atoms with Crippen molar-refractivity contribution in [3.8, 4) is 0 Å². The summed E-state index contributed by atoms with van der Waals surface area (Å²) < 4.78 is 26.9. The smallest absolute Gasteiger partial charge is 0.208 e. The second-order valence-corrected chi connectivity index (χ2v) is 6.71. The highest BCUT2D eigenvalue weighted by Gasteiger charge is 2.28. The first-order valence-corrected chi connectivity index (χ1v) is 7.35. The Balaban J connectivity index is 2.89. The van der Waals surface area contributed by atoms with Gasteiger partial charge in [0.05, 0.1) is 4.90 Å². The zero-order chi connectivity index (χ0) is 13.1. The highest BCUT2D eigenvalue weighted by Crippen LogP contribution is 2.25. The molecular weight excluding hydrogens is 234 g/mol. The third-order valence-electron chi connectivity index (χ3n) is 3.47. The van der Waals surface area contributed by atoms with Crippen LogP contribution < -0.4 is 4.72 Å². The van der Waals surface area contributed by atoms with Gasteiger partial charge in [-0.25, -0.2) is 13.1 Å². The number of hydrogen-bond donors (Lipinski definition) is 1. The van der Waals surface area contributed by atoms with Gasteiger partial charge in [-0.2, -0.15) is 0 Å².